The molecule has 1 aliphatic carbocycles. The van der Waals surface area contributed by atoms with E-state index in [0.29, 0.717) is 23.5 Å². The van der Waals surface area contributed by atoms with Crippen molar-refractivity contribution in [3.63, 3.8) is 0 Å². The smallest absolute Gasteiger partial charge is 0.363 e. The van der Waals surface area contributed by atoms with Gasteiger partial charge in [-0.3, -0.25) is 0 Å². The molecular weight excluding hydrogens is 278 g/mol. The summed E-state index contributed by atoms with van der Waals surface area (Å²) in [7, 11) is 0. The van der Waals surface area contributed by atoms with Crippen LogP contribution < -0.4 is 0 Å². The summed E-state index contributed by atoms with van der Waals surface area (Å²) in [6.45, 7) is 2.20. The highest BCUT2D eigenvalue weighted by molar-refractivity contribution is 6.12. The molecule has 1 aromatic carbocycles. The van der Waals surface area contributed by atoms with Gasteiger partial charge in [-0.25, -0.2) is 9.79 Å². The Balaban J connectivity index is 1.60. The van der Waals surface area contributed by atoms with Crippen LogP contribution in [-0.2, 0) is 9.53 Å². The molecule has 1 aromatic heterocycles. The number of carbonyl (C=O) groups excluding carboxylic acids is 1. The fourth-order valence-electron chi connectivity index (χ4n) is 2.61. The average molecular weight is 293 g/mol. The van der Waals surface area contributed by atoms with Gasteiger partial charge in [0.2, 0.25) is 5.90 Å². The Kier molecular flexibility index (Phi) is 2.96. The van der Waals surface area contributed by atoms with Crippen molar-refractivity contribution < 1.29 is 13.9 Å². The minimum absolute atomic E-state index is 0.267. The Morgan fingerprint density at radius 3 is 2.68 bits per heavy atom. The maximum absolute atomic E-state index is 11.9. The number of cyclic esters (lactones) is 1. The lowest BCUT2D eigenvalue weighted by atomic mass is 10.2. The van der Waals surface area contributed by atoms with Crippen LogP contribution >= 0.6 is 0 Å². The van der Waals surface area contributed by atoms with Crippen LogP contribution in [0.15, 0.2) is 57.6 Å². The maximum atomic E-state index is 11.9. The van der Waals surface area contributed by atoms with Gasteiger partial charge in [0.15, 0.2) is 5.70 Å². The highest BCUT2D eigenvalue weighted by Gasteiger charge is 2.36. The first-order valence-corrected chi connectivity index (χ1v) is 7.38. The molecule has 1 aliphatic heterocycles. The van der Waals surface area contributed by atoms with Gasteiger partial charge in [-0.05, 0) is 36.6 Å². The lowest BCUT2D eigenvalue weighted by Crippen LogP contribution is -2.04. The number of aliphatic imine (C=N–C) groups is 1. The summed E-state index contributed by atoms with van der Waals surface area (Å²) in [5.41, 5.74) is 1.05. The van der Waals surface area contributed by atoms with E-state index in [9.17, 15) is 4.79 Å². The SMILES string of the molecule is CC1CC1c1ccc(C=C2N=C(c3ccccc3)OC2=O)o1. The standard InChI is InChI=1S/C18H15NO3/c1-11-9-14(11)16-8-7-13(21-16)10-15-18(20)22-17(19-15)12-5-3-2-4-6-12/h2-8,10-11,14H,9H2,1H3. The topological polar surface area (TPSA) is 51.8 Å². The molecule has 0 amide bonds. The predicted octanol–water partition coefficient (Wildman–Crippen LogP) is 3.75. The monoisotopic (exact) mass is 293 g/mol. The lowest BCUT2D eigenvalue weighted by molar-refractivity contribution is -0.129. The summed E-state index contributed by atoms with van der Waals surface area (Å²) in [4.78, 5) is 16.2. The molecule has 0 saturated heterocycles. The third-order valence-electron chi connectivity index (χ3n) is 4.04. The van der Waals surface area contributed by atoms with Gasteiger partial charge in [-0.2, -0.15) is 0 Å². The van der Waals surface area contributed by atoms with Crippen molar-refractivity contribution in [3.05, 3.63) is 65.2 Å². The summed E-state index contributed by atoms with van der Waals surface area (Å²) >= 11 is 0. The Bertz CT molecular complexity index is 786. The number of benzene rings is 1. The van der Waals surface area contributed by atoms with E-state index in [1.807, 2.05) is 42.5 Å². The summed E-state index contributed by atoms with van der Waals surface area (Å²) in [5, 5.41) is 0. The van der Waals surface area contributed by atoms with Crippen LogP contribution in [0.2, 0.25) is 0 Å². The Morgan fingerprint density at radius 2 is 1.95 bits per heavy atom. The zero-order valence-corrected chi connectivity index (χ0v) is 12.2. The van der Waals surface area contributed by atoms with Crippen LogP contribution in [-0.4, -0.2) is 11.9 Å². The van der Waals surface area contributed by atoms with E-state index in [4.69, 9.17) is 9.15 Å². The molecule has 1 saturated carbocycles. The number of rotatable bonds is 3. The number of hydrogen-bond acceptors (Lipinski definition) is 4. The van der Waals surface area contributed by atoms with Crippen molar-refractivity contribution in [1.82, 2.24) is 0 Å². The Morgan fingerprint density at radius 1 is 1.18 bits per heavy atom. The molecule has 2 heterocycles. The Hall–Kier alpha value is -2.62. The van der Waals surface area contributed by atoms with E-state index < -0.39 is 5.97 Å². The minimum Gasteiger partial charge on any atom is -0.461 e. The molecule has 110 valence electrons. The zero-order valence-electron chi connectivity index (χ0n) is 12.2. The molecule has 0 N–H and O–H groups in total. The maximum Gasteiger partial charge on any atom is 0.363 e. The largest absolute Gasteiger partial charge is 0.461 e. The molecule has 4 heteroatoms. The quantitative estimate of drug-likeness (QED) is 0.639. The van der Waals surface area contributed by atoms with Crippen LogP contribution in [0.1, 0.15) is 36.3 Å². The van der Waals surface area contributed by atoms with E-state index in [0.717, 1.165) is 11.3 Å². The van der Waals surface area contributed by atoms with Crippen molar-refractivity contribution in [3.8, 4) is 0 Å². The van der Waals surface area contributed by atoms with E-state index in [1.165, 1.54) is 6.42 Å². The molecule has 2 aromatic rings. The fourth-order valence-corrected chi connectivity index (χ4v) is 2.61. The summed E-state index contributed by atoms with van der Waals surface area (Å²) in [5.74, 6) is 2.71. The van der Waals surface area contributed by atoms with Crippen LogP contribution in [0, 0.1) is 5.92 Å². The number of carbonyl (C=O) groups is 1. The van der Waals surface area contributed by atoms with E-state index in [1.54, 1.807) is 6.08 Å². The normalized spacial score (nSPS) is 25.2. The van der Waals surface area contributed by atoms with Crippen molar-refractivity contribution >= 4 is 17.9 Å². The highest BCUT2D eigenvalue weighted by Crippen LogP contribution is 2.47. The molecule has 1 fully saturated rings. The van der Waals surface area contributed by atoms with Gasteiger partial charge in [0.25, 0.3) is 0 Å². The fraction of sp³-hybridized carbons (Fsp3) is 0.222. The van der Waals surface area contributed by atoms with Gasteiger partial charge in [0.1, 0.15) is 11.5 Å². The molecule has 22 heavy (non-hydrogen) atoms. The number of furan rings is 1. The van der Waals surface area contributed by atoms with Crippen LogP contribution in [0.4, 0.5) is 0 Å². The van der Waals surface area contributed by atoms with Crippen molar-refractivity contribution in [1.29, 1.82) is 0 Å². The second-order valence-electron chi connectivity index (χ2n) is 5.76. The number of esters is 1. The van der Waals surface area contributed by atoms with Gasteiger partial charge in [-0.1, -0.05) is 25.1 Å². The first-order chi connectivity index (χ1) is 10.7. The zero-order chi connectivity index (χ0) is 15.1. The van der Waals surface area contributed by atoms with E-state index >= 15 is 0 Å². The van der Waals surface area contributed by atoms with Gasteiger partial charge in [-0.15, -0.1) is 0 Å². The predicted molar refractivity (Wildman–Crippen MR) is 82.3 cm³/mol. The second-order valence-corrected chi connectivity index (χ2v) is 5.76. The van der Waals surface area contributed by atoms with Crippen LogP contribution in [0.25, 0.3) is 6.08 Å². The first-order valence-electron chi connectivity index (χ1n) is 7.38. The number of ether oxygens (including phenoxy) is 1. The second kappa shape index (κ2) is 4.98. The number of nitrogens with zero attached hydrogens (tertiary/aromatic N) is 1. The summed E-state index contributed by atoms with van der Waals surface area (Å²) < 4.78 is 11.0. The minimum atomic E-state index is -0.448. The van der Waals surface area contributed by atoms with E-state index in [2.05, 4.69) is 11.9 Å². The summed E-state index contributed by atoms with van der Waals surface area (Å²) in [6, 6.07) is 13.2. The number of hydrogen-bond donors (Lipinski definition) is 0. The van der Waals surface area contributed by atoms with Crippen LogP contribution in [0.3, 0.4) is 0 Å². The molecule has 4 rings (SSSR count). The van der Waals surface area contributed by atoms with Crippen LogP contribution in [0.5, 0.6) is 0 Å². The lowest BCUT2D eigenvalue weighted by Gasteiger charge is -1.97. The van der Waals surface area contributed by atoms with Crippen molar-refractivity contribution in [2.24, 2.45) is 10.9 Å². The highest BCUT2D eigenvalue weighted by atomic mass is 16.6. The molecule has 0 bridgehead atoms. The molecule has 2 atom stereocenters. The van der Waals surface area contributed by atoms with Crippen molar-refractivity contribution in [2.75, 3.05) is 0 Å². The Labute approximate surface area is 128 Å². The molecule has 2 unspecified atom stereocenters. The third-order valence-corrected chi connectivity index (χ3v) is 4.04. The van der Waals surface area contributed by atoms with Gasteiger partial charge in [0.05, 0.1) is 0 Å². The third kappa shape index (κ3) is 2.37. The van der Waals surface area contributed by atoms with Crippen molar-refractivity contribution in [2.45, 2.75) is 19.3 Å². The average Bonchev–Trinajstić information content (AvgIpc) is 2.94. The molecule has 0 spiro atoms. The first kappa shape index (κ1) is 13.1. The summed E-state index contributed by atoms with van der Waals surface area (Å²) in [6.07, 6.45) is 2.80. The van der Waals surface area contributed by atoms with Gasteiger partial charge >= 0.3 is 5.97 Å². The van der Waals surface area contributed by atoms with Gasteiger partial charge < -0.3 is 9.15 Å². The molecule has 0 radical (unpaired) electrons. The molecule has 2 aliphatic rings. The van der Waals surface area contributed by atoms with Gasteiger partial charge in [0, 0.05) is 17.6 Å². The molecule has 4 nitrogen and oxygen atoms in total. The molecular formula is C18H15NO3. The van der Waals surface area contributed by atoms with E-state index in [-0.39, 0.29) is 5.70 Å².